The van der Waals surface area contributed by atoms with Gasteiger partial charge in [-0.3, -0.25) is 4.79 Å². The van der Waals surface area contributed by atoms with Crippen molar-refractivity contribution >= 4 is 29.1 Å². The molecule has 1 amide bonds. The number of carbonyl (C=O) groups is 1. The summed E-state index contributed by atoms with van der Waals surface area (Å²) in [6.45, 7) is 6.93. The molecule has 4 aromatic rings. The lowest BCUT2D eigenvalue weighted by molar-refractivity contribution is -0.113. The van der Waals surface area contributed by atoms with Crippen molar-refractivity contribution in [3.63, 3.8) is 0 Å². The van der Waals surface area contributed by atoms with Gasteiger partial charge in [0.25, 0.3) is 5.91 Å². The number of carbonyl (C=O) groups excluding carboxylic acids is 1. The van der Waals surface area contributed by atoms with Crippen LogP contribution in [0.4, 0.5) is 11.6 Å². The van der Waals surface area contributed by atoms with E-state index in [0.29, 0.717) is 65.0 Å². The molecule has 2 N–H and O–H groups in total. The summed E-state index contributed by atoms with van der Waals surface area (Å²) in [6.07, 6.45) is 1.46. The summed E-state index contributed by atoms with van der Waals surface area (Å²) in [4.78, 5) is 18.2. The first-order chi connectivity index (χ1) is 19.5. The predicted octanol–water partition coefficient (Wildman–Crippen LogP) is 6.24. The van der Waals surface area contributed by atoms with Crippen LogP contribution in [0.5, 0.6) is 17.2 Å². The van der Waals surface area contributed by atoms with Gasteiger partial charge in [-0.15, -0.1) is 0 Å². The first kappa shape index (κ1) is 27.1. The number of benzene rings is 3. The van der Waals surface area contributed by atoms with Crippen molar-refractivity contribution in [2.45, 2.75) is 33.4 Å². The van der Waals surface area contributed by atoms with E-state index in [1.54, 1.807) is 4.68 Å². The largest absolute Gasteiger partial charge is 0.492 e. The van der Waals surface area contributed by atoms with Gasteiger partial charge in [-0.1, -0.05) is 41.9 Å². The minimum Gasteiger partial charge on any atom is -0.492 e. The van der Waals surface area contributed by atoms with Crippen LogP contribution in [0.3, 0.4) is 0 Å². The fourth-order valence-electron chi connectivity index (χ4n) is 4.56. The molecular weight excluding hydrogens is 530 g/mol. The Morgan fingerprint density at radius 2 is 1.73 bits per heavy atom. The van der Waals surface area contributed by atoms with E-state index in [-0.39, 0.29) is 5.91 Å². The molecule has 0 aliphatic carbocycles. The number of amides is 1. The zero-order chi connectivity index (χ0) is 28.1. The van der Waals surface area contributed by atoms with Crippen LogP contribution < -0.4 is 24.8 Å². The van der Waals surface area contributed by atoms with Crippen LogP contribution >= 0.6 is 11.6 Å². The molecule has 1 unspecified atom stereocenters. The van der Waals surface area contributed by atoms with Crippen molar-refractivity contribution in [3.05, 3.63) is 100 Å². The molecule has 40 heavy (non-hydrogen) atoms. The molecule has 0 bridgehead atoms. The molecule has 5 rings (SSSR count). The number of nitrogens with one attached hydrogen (secondary N) is 2. The number of hydrogen-bond acceptors (Lipinski definition) is 7. The van der Waals surface area contributed by atoms with E-state index in [2.05, 4.69) is 20.7 Å². The first-order valence-electron chi connectivity index (χ1n) is 13.0. The van der Waals surface area contributed by atoms with Crippen LogP contribution in [-0.2, 0) is 11.4 Å². The minimum atomic E-state index is -0.567. The molecule has 0 saturated carbocycles. The Labute approximate surface area is 237 Å². The molecule has 1 aliphatic heterocycles. The molecule has 3 aromatic carbocycles. The Bertz CT molecular complexity index is 1530. The molecule has 9 nitrogen and oxygen atoms in total. The van der Waals surface area contributed by atoms with Gasteiger partial charge in [-0.05, 0) is 68.3 Å². The lowest BCUT2D eigenvalue weighted by Gasteiger charge is -2.29. The summed E-state index contributed by atoms with van der Waals surface area (Å²) >= 11 is 6.01. The highest BCUT2D eigenvalue weighted by Crippen LogP contribution is 2.39. The average Bonchev–Trinajstić information content (AvgIpc) is 3.42. The molecule has 1 atom stereocenters. The van der Waals surface area contributed by atoms with Gasteiger partial charge in [-0.25, -0.2) is 4.68 Å². The smallest absolute Gasteiger partial charge is 0.255 e. The minimum absolute atomic E-state index is 0.288. The van der Waals surface area contributed by atoms with Gasteiger partial charge >= 0.3 is 0 Å². The Balaban J connectivity index is 1.48. The number of allylic oxidation sites excluding steroid dienone is 1. The van der Waals surface area contributed by atoms with E-state index in [0.717, 1.165) is 11.1 Å². The lowest BCUT2D eigenvalue weighted by atomic mass is 9.94. The van der Waals surface area contributed by atoms with Crippen molar-refractivity contribution in [1.29, 1.82) is 0 Å². The van der Waals surface area contributed by atoms with Crippen LogP contribution in [0, 0.1) is 0 Å². The molecule has 206 valence electrons. The molecule has 0 spiro atoms. The molecule has 2 heterocycles. The Hall–Kier alpha value is -4.50. The Kier molecular flexibility index (Phi) is 8.21. The van der Waals surface area contributed by atoms with Crippen LogP contribution in [0.25, 0.3) is 0 Å². The van der Waals surface area contributed by atoms with Crippen molar-refractivity contribution in [1.82, 2.24) is 14.8 Å². The lowest BCUT2D eigenvalue weighted by Crippen LogP contribution is -2.31. The number of nitrogens with zero attached hydrogens (tertiary/aromatic N) is 3. The molecule has 1 aromatic heterocycles. The quantitative estimate of drug-likeness (QED) is 0.237. The summed E-state index contributed by atoms with van der Waals surface area (Å²) < 4.78 is 19.5. The maximum Gasteiger partial charge on any atom is 0.255 e. The third-order valence-electron chi connectivity index (χ3n) is 6.37. The molecule has 0 radical (unpaired) electrons. The third-order valence-corrected chi connectivity index (χ3v) is 6.62. The number of anilines is 2. The third kappa shape index (κ3) is 5.74. The van der Waals surface area contributed by atoms with E-state index in [1.807, 2.05) is 87.5 Å². The van der Waals surface area contributed by atoms with Gasteiger partial charge in [0.2, 0.25) is 5.95 Å². The van der Waals surface area contributed by atoms with Crippen molar-refractivity contribution in [3.8, 4) is 17.2 Å². The number of rotatable bonds is 10. The van der Waals surface area contributed by atoms with Gasteiger partial charge in [0.05, 0.1) is 24.5 Å². The van der Waals surface area contributed by atoms with Gasteiger partial charge in [0, 0.05) is 10.7 Å². The first-order valence-corrected chi connectivity index (χ1v) is 13.4. The van der Waals surface area contributed by atoms with E-state index in [9.17, 15) is 4.79 Å². The summed E-state index contributed by atoms with van der Waals surface area (Å²) in [5, 5.41) is 11.3. The normalized spacial score (nSPS) is 14.2. The number of ether oxygens (including phenoxy) is 3. The van der Waals surface area contributed by atoms with Crippen molar-refractivity contribution in [2.75, 3.05) is 23.8 Å². The van der Waals surface area contributed by atoms with Crippen LogP contribution in [-0.4, -0.2) is 33.9 Å². The summed E-state index contributed by atoms with van der Waals surface area (Å²) in [5.74, 6) is 2.00. The van der Waals surface area contributed by atoms with Crippen LogP contribution in [0.15, 0.2) is 84.3 Å². The zero-order valence-corrected chi connectivity index (χ0v) is 23.2. The van der Waals surface area contributed by atoms with E-state index >= 15 is 0 Å². The molecule has 10 heteroatoms. The average molecular weight is 560 g/mol. The second kappa shape index (κ2) is 12.1. The molecule has 1 aliphatic rings. The number of hydrogen-bond donors (Lipinski definition) is 2. The van der Waals surface area contributed by atoms with Crippen LogP contribution in [0.2, 0.25) is 5.02 Å². The summed E-state index contributed by atoms with van der Waals surface area (Å²) in [5.41, 5.74) is 3.50. The highest BCUT2D eigenvalue weighted by molar-refractivity contribution is 6.30. The number of para-hydroxylation sites is 2. The topological polar surface area (TPSA) is 99.5 Å². The second-order valence-electron chi connectivity index (χ2n) is 9.03. The van der Waals surface area contributed by atoms with E-state index < -0.39 is 6.04 Å². The zero-order valence-electron chi connectivity index (χ0n) is 22.5. The highest BCUT2D eigenvalue weighted by Gasteiger charge is 2.34. The standard InChI is InChI=1S/C30H30ClN5O4/c1-4-38-24-9-7-6-8-23(24)35-29(37)27-19(3)34-30-32-18-33-36(30)28(27)21-12-15-25(26(16-21)39-5-2)40-17-20-10-13-22(31)14-11-20/h6-16,18,28H,4-5,17H2,1-3H3,(H,35,37)(H,32,33,34). The molecule has 0 fully saturated rings. The predicted molar refractivity (Wildman–Crippen MR) is 154 cm³/mol. The van der Waals surface area contributed by atoms with Crippen LogP contribution in [0.1, 0.15) is 37.9 Å². The molecule has 0 saturated heterocycles. The molecular formula is C30H30ClN5O4. The fourth-order valence-corrected chi connectivity index (χ4v) is 4.68. The maximum atomic E-state index is 13.8. The summed E-state index contributed by atoms with van der Waals surface area (Å²) in [7, 11) is 0. The van der Waals surface area contributed by atoms with Crippen molar-refractivity contribution in [2.24, 2.45) is 0 Å². The van der Waals surface area contributed by atoms with Gasteiger partial charge in [0.15, 0.2) is 11.5 Å². The number of fused-ring (bicyclic) bond motifs is 1. The number of aromatic nitrogens is 3. The monoisotopic (exact) mass is 559 g/mol. The number of halogens is 1. The Morgan fingerprint density at radius 1 is 0.975 bits per heavy atom. The second-order valence-corrected chi connectivity index (χ2v) is 9.47. The highest BCUT2D eigenvalue weighted by atomic mass is 35.5. The van der Waals surface area contributed by atoms with Crippen molar-refractivity contribution < 1.29 is 19.0 Å². The van der Waals surface area contributed by atoms with E-state index in [4.69, 9.17) is 25.8 Å². The fraction of sp³-hybridized carbons (Fsp3) is 0.233. The SMILES string of the molecule is CCOc1ccccc1NC(=O)C1=C(C)Nc2ncnn2C1c1ccc(OCc2ccc(Cl)cc2)c(OCC)c1. The summed E-state index contributed by atoms with van der Waals surface area (Å²) in [6, 6.07) is 19.9. The van der Waals surface area contributed by atoms with Gasteiger partial charge in [-0.2, -0.15) is 10.1 Å². The maximum absolute atomic E-state index is 13.8. The van der Waals surface area contributed by atoms with Gasteiger partial charge < -0.3 is 24.8 Å². The Morgan fingerprint density at radius 3 is 2.50 bits per heavy atom. The van der Waals surface area contributed by atoms with E-state index in [1.165, 1.54) is 6.33 Å². The van der Waals surface area contributed by atoms with Gasteiger partial charge in [0.1, 0.15) is 24.7 Å².